The fraction of sp³-hybridized carbons (Fsp3) is 0.333. The van der Waals surface area contributed by atoms with E-state index in [0.29, 0.717) is 33.6 Å². The van der Waals surface area contributed by atoms with Crippen molar-refractivity contribution in [3.8, 4) is 0 Å². The lowest BCUT2D eigenvalue weighted by Crippen LogP contribution is -2.41. The topological polar surface area (TPSA) is 101 Å². The van der Waals surface area contributed by atoms with E-state index in [0.717, 1.165) is 36.1 Å². The Bertz CT molecular complexity index is 1330. The zero-order valence-electron chi connectivity index (χ0n) is 19.9. The third-order valence-corrected chi connectivity index (χ3v) is 8.19. The molecule has 7 nitrogen and oxygen atoms in total. The predicted octanol–water partition coefficient (Wildman–Crippen LogP) is 4.55. The number of hydrogen-bond acceptors (Lipinski definition) is 6. The molecule has 2 aliphatic heterocycles. The number of nitrogens with zero attached hydrogens (tertiary/aromatic N) is 3. The Morgan fingerprint density at radius 2 is 2.11 bits per heavy atom. The Kier molecular flexibility index (Phi) is 7.27. The van der Waals surface area contributed by atoms with Crippen molar-refractivity contribution in [3.63, 3.8) is 0 Å². The first-order valence-electron chi connectivity index (χ1n) is 12.2. The Balaban J connectivity index is 1.33. The SMILES string of the molecule is NC(=O)C1(CCN2CCCCC2)C=CC(Cl)=C(N=C2NC(=O)/C(=C/c3ccc4ncccc4c3)S2)C1. The Morgan fingerprint density at radius 1 is 1.28 bits per heavy atom. The Morgan fingerprint density at radius 3 is 2.92 bits per heavy atom. The molecule has 9 heteroatoms. The average molecular weight is 522 g/mol. The number of carbonyl (C=O) groups excluding carboxylic acids is 2. The molecule has 1 aromatic heterocycles. The number of aromatic nitrogens is 1. The number of aliphatic imine (C=N–C) groups is 1. The van der Waals surface area contributed by atoms with Gasteiger partial charge in [-0.15, -0.1) is 0 Å². The van der Waals surface area contributed by atoms with Gasteiger partial charge < -0.3 is 16.0 Å². The van der Waals surface area contributed by atoms with Gasteiger partial charge in [-0.3, -0.25) is 14.6 Å². The summed E-state index contributed by atoms with van der Waals surface area (Å²) in [6.07, 6.45) is 11.7. The van der Waals surface area contributed by atoms with Gasteiger partial charge in [0.2, 0.25) is 5.91 Å². The zero-order chi connectivity index (χ0) is 25.1. The van der Waals surface area contributed by atoms with Gasteiger partial charge in [0, 0.05) is 18.0 Å². The van der Waals surface area contributed by atoms with E-state index in [1.165, 1.54) is 31.0 Å². The summed E-state index contributed by atoms with van der Waals surface area (Å²) in [5.74, 6) is -0.605. The first-order valence-corrected chi connectivity index (χ1v) is 13.4. The fourth-order valence-corrected chi connectivity index (χ4v) is 5.83. The number of nitrogens with two attached hydrogens (primary N) is 1. The largest absolute Gasteiger partial charge is 0.369 e. The summed E-state index contributed by atoms with van der Waals surface area (Å²) in [6, 6.07) is 9.73. The maximum atomic E-state index is 12.7. The van der Waals surface area contributed by atoms with Crippen LogP contribution in [0.1, 0.15) is 37.7 Å². The van der Waals surface area contributed by atoms with E-state index >= 15 is 0 Å². The molecule has 3 heterocycles. The summed E-state index contributed by atoms with van der Waals surface area (Å²) in [5, 5.41) is 4.71. The van der Waals surface area contributed by atoms with Crippen LogP contribution in [0.5, 0.6) is 0 Å². The minimum atomic E-state index is -0.847. The van der Waals surface area contributed by atoms with Crippen molar-refractivity contribution < 1.29 is 9.59 Å². The fourth-order valence-electron chi connectivity index (χ4n) is 4.81. The summed E-state index contributed by atoms with van der Waals surface area (Å²) in [7, 11) is 0. The molecule has 5 rings (SSSR count). The summed E-state index contributed by atoms with van der Waals surface area (Å²) in [6.45, 7) is 2.90. The number of fused-ring (bicyclic) bond motifs is 1. The Labute approximate surface area is 219 Å². The summed E-state index contributed by atoms with van der Waals surface area (Å²) in [5.41, 5.74) is 7.40. The van der Waals surface area contributed by atoms with Gasteiger partial charge in [-0.05, 0) is 86.6 Å². The molecule has 2 amide bonds. The van der Waals surface area contributed by atoms with Crippen LogP contribution in [0.15, 0.2) is 69.3 Å². The number of benzene rings is 1. The molecule has 1 aromatic carbocycles. The maximum absolute atomic E-state index is 12.7. The zero-order valence-corrected chi connectivity index (χ0v) is 21.4. The van der Waals surface area contributed by atoms with Gasteiger partial charge in [-0.25, -0.2) is 4.99 Å². The summed E-state index contributed by atoms with van der Waals surface area (Å²) < 4.78 is 0. The molecule has 3 N–H and O–H groups in total. The van der Waals surface area contributed by atoms with Crippen LogP contribution in [0, 0.1) is 5.41 Å². The molecule has 36 heavy (non-hydrogen) atoms. The number of primary amides is 1. The third kappa shape index (κ3) is 5.40. The van der Waals surface area contributed by atoms with Crippen molar-refractivity contribution >= 4 is 57.3 Å². The van der Waals surface area contributed by atoms with Gasteiger partial charge >= 0.3 is 0 Å². The van der Waals surface area contributed by atoms with Gasteiger partial charge in [0.05, 0.1) is 26.6 Å². The van der Waals surface area contributed by atoms with E-state index in [1.54, 1.807) is 12.3 Å². The molecule has 2 fully saturated rings. The number of rotatable bonds is 6. The highest BCUT2D eigenvalue weighted by Gasteiger charge is 2.38. The van der Waals surface area contributed by atoms with Crippen LogP contribution in [-0.2, 0) is 9.59 Å². The van der Waals surface area contributed by atoms with Crippen LogP contribution >= 0.6 is 23.4 Å². The molecule has 3 aliphatic rings. The van der Waals surface area contributed by atoms with Crippen molar-refractivity contribution in [1.29, 1.82) is 0 Å². The number of piperidine rings is 1. The van der Waals surface area contributed by atoms with E-state index in [-0.39, 0.29) is 11.8 Å². The average Bonchev–Trinajstić information content (AvgIpc) is 3.23. The molecule has 1 aliphatic carbocycles. The van der Waals surface area contributed by atoms with E-state index in [1.807, 2.05) is 42.5 Å². The highest BCUT2D eigenvalue weighted by atomic mass is 35.5. The molecule has 0 radical (unpaired) electrons. The third-order valence-electron chi connectivity index (χ3n) is 6.93. The smallest absolute Gasteiger partial charge is 0.264 e. The predicted molar refractivity (Wildman–Crippen MR) is 146 cm³/mol. The first kappa shape index (κ1) is 24.7. The van der Waals surface area contributed by atoms with E-state index in [4.69, 9.17) is 17.3 Å². The maximum Gasteiger partial charge on any atom is 0.264 e. The van der Waals surface area contributed by atoms with Crippen LogP contribution in [0.25, 0.3) is 17.0 Å². The number of allylic oxidation sites excluding steroid dienone is 3. The number of likely N-dealkylation sites (tertiary alicyclic amines) is 1. The second-order valence-electron chi connectivity index (χ2n) is 9.41. The number of amides is 2. The number of hydrogen-bond donors (Lipinski definition) is 2. The minimum absolute atomic E-state index is 0.223. The molecule has 2 saturated heterocycles. The van der Waals surface area contributed by atoms with Crippen LogP contribution in [-0.4, -0.2) is 46.5 Å². The molecular formula is C27H28ClN5O2S. The monoisotopic (exact) mass is 521 g/mol. The Hall–Kier alpha value is -2.94. The van der Waals surface area contributed by atoms with Crippen molar-refractivity contribution in [2.45, 2.75) is 32.1 Å². The van der Waals surface area contributed by atoms with E-state index in [9.17, 15) is 9.59 Å². The number of carbonyl (C=O) groups is 2. The van der Waals surface area contributed by atoms with Crippen molar-refractivity contribution in [3.05, 3.63) is 69.9 Å². The highest BCUT2D eigenvalue weighted by molar-refractivity contribution is 8.18. The molecule has 2 aromatic rings. The van der Waals surface area contributed by atoms with Crippen molar-refractivity contribution in [1.82, 2.24) is 15.2 Å². The molecule has 0 bridgehead atoms. The molecule has 0 spiro atoms. The van der Waals surface area contributed by atoms with Crippen LogP contribution in [0.4, 0.5) is 0 Å². The second kappa shape index (κ2) is 10.6. The van der Waals surface area contributed by atoms with Gasteiger partial charge in [-0.1, -0.05) is 36.2 Å². The number of thioether (sulfide) groups is 1. The van der Waals surface area contributed by atoms with Crippen LogP contribution in [0.2, 0.25) is 0 Å². The number of nitrogens with one attached hydrogen (secondary N) is 1. The summed E-state index contributed by atoms with van der Waals surface area (Å²) >= 11 is 7.73. The lowest BCUT2D eigenvalue weighted by atomic mass is 9.76. The van der Waals surface area contributed by atoms with Gasteiger partial charge in [0.15, 0.2) is 5.17 Å². The number of amidine groups is 1. The first-order chi connectivity index (χ1) is 17.4. The molecule has 186 valence electrons. The minimum Gasteiger partial charge on any atom is -0.369 e. The van der Waals surface area contributed by atoms with Crippen molar-refractivity contribution in [2.24, 2.45) is 16.1 Å². The number of pyridine rings is 1. The normalized spacial score (nSPS) is 25.2. The van der Waals surface area contributed by atoms with Gasteiger partial charge in [0.25, 0.3) is 5.91 Å². The van der Waals surface area contributed by atoms with E-state index in [2.05, 4.69) is 20.2 Å². The molecule has 0 saturated carbocycles. The summed E-state index contributed by atoms with van der Waals surface area (Å²) in [4.78, 5) is 37.2. The lowest BCUT2D eigenvalue weighted by Gasteiger charge is -2.34. The molecule has 1 unspecified atom stereocenters. The van der Waals surface area contributed by atoms with Gasteiger partial charge in [0.1, 0.15) is 0 Å². The lowest BCUT2D eigenvalue weighted by molar-refractivity contribution is -0.125. The molecule has 1 atom stereocenters. The van der Waals surface area contributed by atoms with Gasteiger partial charge in [-0.2, -0.15) is 0 Å². The van der Waals surface area contributed by atoms with Crippen LogP contribution in [0.3, 0.4) is 0 Å². The van der Waals surface area contributed by atoms with Crippen molar-refractivity contribution in [2.75, 3.05) is 19.6 Å². The van der Waals surface area contributed by atoms with Crippen LogP contribution < -0.4 is 11.1 Å². The highest BCUT2D eigenvalue weighted by Crippen LogP contribution is 2.40. The second-order valence-corrected chi connectivity index (χ2v) is 10.9. The standard InChI is InChI=1S/C27H28ClN5O2S/c28-20-8-9-27(25(29)35,10-14-33-12-2-1-3-13-33)17-22(20)31-26-32-24(34)23(36-26)16-18-6-7-21-19(15-18)5-4-11-30-21/h4-9,11,15-16H,1-3,10,12-14,17H2,(H2,29,35)(H,31,32,34)/b23-16-. The quantitative estimate of drug-likeness (QED) is 0.543. The van der Waals surface area contributed by atoms with E-state index < -0.39 is 5.41 Å². The number of halogens is 1. The molecular weight excluding hydrogens is 494 g/mol.